The van der Waals surface area contributed by atoms with Gasteiger partial charge >= 0.3 is 0 Å². The van der Waals surface area contributed by atoms with Crippen molar-refractivity contribution in [2.24, 2.45) is 0 Å². The third-order valence-electron chi connectivity index (χ3n) is 2.57. The largest absolute Gasteiger partial charge is 0.481 e. The van der Waals surface area contributed by atoms with Gasteiger partial charge in [-0.1, -0.05) is 19.1 Å². The van der Waals surface area contributed by atoms with Crippen molar-refractivity contribution in [3.8, 4) is 5.75 Å². The van der Waals surface area contributed by atoms with Gasteiger partial charge in [-0.2, -0.15) is 0 Å². The minimum Gasteiger partial charge on any atom is -0.481 e. The average molecular weight is 235 g/mol. The second-order valence-corrected chi connectivity index (χ2v) is 4.32. The first-order valence-electron chi connectivity index (χ1n) is 6.06. The SMILES string of the molecule is CCCNC(=O)[C@H](C)Oc1cc(C)ccc1C. The Bertz CT molecular complexity index is 388. The van der Waals surface area contributed by atoms with E-state index in [1.807, 2.05) is 39.0 Å². The first-order valence-corrected chi connectivity index (χ1v) is 6.06. The molecule has 1 atom stereocenters. The monoisotopic (exact) mass is 235 g/mol. The highest BCUT2D eigenvalue weighted by atomic mass is 16.5. The fourth-order valence-corrected chi connectivity index (χ4v) is 1.47. The Hall–Kier alpha value is -1.51. The lowest BCUT2D eigenvalue weighted by Gasteiger charge is -2.16. The number of amides is 1. The number of hydrogen-bond acceptors (Lipinski definition) is 2. The lowest BCUT2D eigenvalue weighted by atomic mass is 10.1. The molecule has 0 saturated heterocycles. The van der Waals surface area contributed by atoms with Crippen molar-refractivity contribution in [1.82, 2.24) is 5.32 Å². The molecule has 0 heterocycles. The van der Waals surface area contributed by atoms with Crippen LogP contribution in [0.2, 0.25) is 0 Å². The van der Waals surface area contributed by atoms with Crippen molar-refractivity contribution in [1.29, 1.82) is 0 Å². The van der Waals surface area contributed by atoms with Gasteiger partial charge in [0.15, 0.2) is 6.10 Å². The van der Waals surface area contributed by atoms with Crippen LogP contribution in [0.3, 0.4) is 0 Å². The molecule has 3 heteroatoms. The number of aryl methyl sites for hydroxylation is 2. The second kappa shape index (κ2) is 6.28. The minimum atomic E-state index is -0.456. The van der Waals surface area contributed by atoms with Crippen LogP contribution in [0.15, 0.2) is 18.2 Å². The lowest BCUT2D eigenvalue weighted by Crippen LogP contribution is -2.36. The predicted octanol–water partition coefficient (Wildman–Crippen LogP) is 2.60. The Morgan fingerprint density at radius 1 is 1.41 bits per heavy atom. The highest BCUT2D eigenvalue weighted by Crippen LogP contribution is 2.20. The second-order valence-electron chi connectivity index (χ2n) is 4.32. The summed E-state index contributed by atoms with van der Waals surface area (Å²) in [6.07, 6.45) is 0.476. The van der Waals surface area contributed by atoms with Crippen LogP contribution in [-0.4, -0.2) is 18.6 Å². The molecular formula is C14H21NO2. The minimum absolute atomic E-state index is 0.0623. The summed E-state index contributed by atoms with van der Waals surface area (Å²) in [5, 5.41) is 2.82. The molecule has 1 rings (SSSR count). The number of hydrogen-bond donors (Lipinski definition) is 1. The van der Waals surface area contributed by atoms with Crippen LogP contribution >= 0.6 is 0 Å². The summed E-state index contributed by atoms with van der Waals surface area (Å²) in [5.41, 5.74) is 2.18. The Kier molecular flexibility index (Phi) is 5.01. The van der Waals surface area contributed by atoms with E-state index in [9.17, 15) is 4.79 Å². The molecule has 0 radical (unpaired) electrons. The number of benzene rings is 1. The Morgan fingerprint density at radius 3 is 2.76 bits per heavy atom. The smallest absolute Gasteiger partial charge is 0.260 e. The summed E-state index contributed by atoms with van der Waals surface area (Å²) in [6, 6.07) is 5.99. The van der Waals surface area contributed by atoms with E-state index in [-0.39, 0.29) is 5.91 Å². The zero-order valence-corrected chi connectivity index (χ0v) is 11.0. The van der Waals surface area contributed by atoms with Crippen molar-refractivity contribution >= 4 is 5.91 Å². The Morgan fingerprint density at radius 2 is 2.12 bits per heavy atom. The molecule has 1 amide bonds. The van der Waals surface area contributed by atoms with Gasteiger partial charge in [-0.3, -0.25) is 4.79 Å². The van der Waals surface area contributed by atoms with Crippen molar-refractivity contribution in [3.63, 3.8) is 0 Å². The molecule has 0 fully saturated rings. The molecule has 1 aromatic carbocycles. The van der Waals surface area contributed by atoms with E-state index in [1.54, 1.807) is 6.92 Å². The molecule has 1 aromatic rings. The molecule has 0 unspecified atom stereocenters. The number of ether oxygens (including phenoxy) is 1. The van der Waals surface area contributed by atoms with E-state index < -0.39 is 6.10 Å². The number of carbonyl (C=O) groups excluding carboxylic acids is 1. The van der Waals surface area contributed by atoms with Gasteiger partial charge in [0.1, 0.15) is 5.75 Å². The molecule has 0 aliphatic rings. The van der Waals surface area contributed by atoms with Crippen LogP contribution in [0.4, 0.5) is 0 Å². The van der Waals surface area contributed by atoms with Gasteiger partial charge in [0.05, 0.1) is 0 Å². The van der Waals surface area contributed by atoms with Gasteiger partial charge in [0, 0.05) is 6.54 Å². The number of nitrogens with one attached hydrogen (secondary N) is 1. The van der Waals surface area contributed by atoms with Crippen LogP contribution in [0.25, 0.3) is 0 Å². The van der Waals surface area contributed by atoms with Gasteiger partial charge in [-0.25, -0.2) is 0 Å². The fourth-order valence-electron chi connectivity index (χ4n) is 1.47. The molecule has 0 saturated carbocycles. The first kappa shape index (κ1) is 13.6. The molecule has 94 valence electrons. The predicted molar refractivity (Wildman–Crippen MR) is 69.3 cm³/mol. The molecule has 0 aliphatic heterocycles. The van der Waals surface area contributed by atoms with Gasteiger partial charge in [0.25, 0.3) is 5.91 Å². The van der Waals surface area contributed by atoms with Crippen LogP contribution in [-0.2, 0) is 4.79 Å². The van der Waals surface area contributed by atoms with Crippen LogP contribution in [0.5, 0.6) is 5.75 Å². The molecular weight excluding hydrogens is 214 g/mol. The van der Waals surface area contributed by atoms with Crippen molar-refractivity contribution in [2.75, 3.05) is 6.54 Å². The summed E-state index contributed by atoms with van der Waals surface area (Å²) >= 11 is 0. The lowest BCUT2D eigenvalue weighted by molar-refractivity contribution is -0.127. The van der Waals surface area contributed by atoms with Crippen LogP contribution in [0.1, 0.15) is 31.4 Å². The first-order chi connectivity index (χ1) is 8.04. The van der Waals surface area contributed by atoms with Gasteiger partial charge in [0.2, 0.25) is 0 Å². The maximum atomic E-state index is 11.7. The molecule has 1 N–H and O–H groups in total. The van der Waals surface area contributed by atoms with Gasteiger partial charge in [-0.05, 0) is 44.4 Å². The summed E-state index contributed by atoms with van der Waals surface area (Å²) in [4.78, 5) is 11.7. The van der Waals surface area contributed by atoms with E-state index in [0.29, 0.717) is 6.54 Å². The molecule has 0 spiro atoms. The zero-order valence-electron chi connectivity index (χ0n) is 11.0. The number of carbonyl (C=O) groups is 1. The molecule has 0 aromatic heterocycles. The highest BCUT2D eigenvalue weighted by Gasteiger charge is 2.14. The summed E-state index contributed by atoms with van der Waals surface area (Å²) in [5.74, 6) is 0.719. The maximum Gasteiger partial charge on any atom is 0.260 e. The van der Waals surface area contributed by atoms with E-state index in [1.165, 1.54) is 0 Å². The summed E-state index contributed by atoms with van der Waals surface area (Å²) < 4.78 is 5.67. The van der Waals surface area contributed by atoms with Crippen molar-refractivity contribution in [2.45, 2.75) is 40.2 Å². The molecule has 0 aliphatic carbocycles. The highest BCUT2D eigenvalue weighted by molar-refractivity contribution is 5.80. The van der Waals surface area contributed by atoms with Crippen LogP contribution in [0, 0.1) is 13.8 Å². The molecule has 3 nitrogen and oxygen atoms in total. The standard InChI is InChI=1S/C14H21NO2/c1-5-8-15-14(16)12(4)17-13-9-10(2)6-7-11(13)3/h6-7,9,12H,5,8H2,1-4H3,(H,15,16)/t12-/m0/s1. The zero-order chi connectivity index (χ0) is 12.8. The summed E-state index contributed by atoms with van der Waals surface area (Å²) in [7, 11) is 0. The third kappa shape index (κ3) is 4.10. The molecule has 17 heavy (non-hydrogen) atoms. The average Bonchev–Trinajstić information content (AvgIpc) is 2.30. The van der Waals surface area contributed by atoms with Crippen LogP contribution < -0.4 is 10.1 Å². The number of rotatable bonds is 5. The van der Waals surface area contributed by atoms with E-state index >= 15 is 0 Å². The molecule has 0 bridgehead atoms. The van der Waals surface area contributed by atoms with Gasteiger partial charge < -0.3 is 10.1 Å². The van der Waals surface area contributed by atoms with Crippen molar-refractivity contribution in [3.05, 3.63) is 29.3 Å². The van der Waals surface area contributed by atoms with Gasteiger partial charge in [-0.15, -0.1) is 0 Å². The van der Waals surface area contributed by atoms with E-state index in [0.717, 1.165) is 23.3 Å². The Labute approximate surface area is 103 Å². The van der Waals surface area contributed by atoms with E-state index in [2.05, 4.69) is 5.32 Å². The van der Waals surface area contributed by atoms with E-state index in [4.69, 9.17) is 4.74 Å². The summed E-state index contributed by atoms with van der Waals surface area (Å²) in [6.45, 7) is 8.47. The van der Waals surface area contributed by atoms with Crippen molar-refractivity contribution < 1.29 is 9.53 Å². The third-order valence-corrected chi connectivity index (χ3v) is 2.57. The quantitative estimate of drug-likeness (QED) is 0.852. The topological polar surface area (TPSA) is 38.3 Å². The fraction of sp³-hybridized carbons (Fsp3) is 0.500. The maximum absolute atomic E-state index is 11.7. The normalized spacial score (nSPS) is 12.0. The Balaban J connectivity index is 2.64.